The van der Waals surface area contributed by atoms with E-state index in [1.165, 1.54) is 11.1 Å². The largest absolute Gasteiger partial charge is 0.496 e. The van der Waals surface area contributed by atoms with Gasteiger partial charge in [0.15, 0.2) is 0 Å². The maximum atomic E-state index is 5.32. The lowest BCUT2D eigenvalue weighted by Crippen LogP contribution is -1.93. The third-order valence-electron chi connectivity index (χ3n) is 2.91. The van der Waals surface area contributed by atoms with Gasteiger partial charge in [0.2, 0.25) is 0 Å². The summed E-state index contributed by atoms with van der Waals surface area (Å²) in [5.41, 5.74) is 5.55. The molecule has 0 aliphatic carbocycles. The molecule has 0 aliphatic rings. The Balaban J connectivity index is 2.56. The molecule has 0 spiro atoms. The van der Waals surface area contributed by atoms with Crippen molar-refractivity contribution in [2.45, 2.75) is 20.8 Å². The maximum absolute atomic E-state index is 5.32. The van der Waals surface area contributed by atoms with Gasteiger partial charge >= 0.3 is 0 Å². The normalized spacial score (nSPS) is 10.4. The molecule has 0 amide bonds. The molecular weight excluding hydrogens is 210 g/mol. The van der Waals surface area contributed by atoms with Crippen LogP contribution in [0.15, 0.2) is 30.3 Å². The van der Waals surface area contributed by atoms with Crippen LogP contribution >= 0.6 is 0 Å². The van der Waals surface area contributed by atoms with Gasteiger partial charge in [0.1, 0.15) is 5.75 Å². The van der Waals surface area contributed by atoms with E-state index in [-0.39, 0.29) is 0 Å². The van der Waals surface area contributed by atoms with E-state index in [1.54, 1.807) is 7.11 Å². The van der Waals surface area contributed by atoms with E-state index in [4.69, 9.17) is 4.74 Å². The summed E-state index contributed by atoms with van der Waals surface area (Å²) >= 11 is 0. The summed E-state index contributed by atoms with van der Waals surface area (Å²) in [6, 6.07) is 10.3. The Labute approximate surface area is 102 Å². The van der Waals surface area contributed by atoms with Crippen LogP contribution in [0, 0.1) is 20.8 Å². The van der Waals surface area contributed by atoms with E-state index in [2.05, 4.69) is 31.0 Å². The van der Waals surface area contributed by atoms with Crippen molar-refractivity contribution >= 4 is 0 Å². The molecule has 0 saturated heterocycles. The van der Waals surface area contributed by atoms with Crippen LogP contribution < -0.4 is 4.74 Å². The molecule has 0 saturated carbocycles. The van der Waals surface area contributed by atoms with Gasteiger partial charge < -0.3 is 4.74 Å². The second kappa shape index (κ2) is 4.58. The highest BCUT2D eigenvalue weighted by Gasteiger charge is 2.07. The van der Waals surface area contributed by atoms with Crippen LogP contribution in [0.2, 0.25) is 0 Å². The Hall–Kier alpha value is -1.83. The van der Waals surface area contributed by atoms with E-state index >= 15 is 0 Å². The maximum Gasteiger partial charge on any atom is 0.122 e. The van der Waals surface area contributed by atoms with Gasteiger partial charge in [0, 0.05) is 11.3 Å². The first-order valence-electron chi connectivity index (χ1n) is 5.71. The molecule has 2 nitrogen and oxygen atoms in total. The number of nitrogens with zero attached hydrogens (tertiary/aromatic N) is 1. The fourth-order valence-electron chi connectivity index (χ4n) is 1.98. The van der Waals surface area contributed by atoms with Crippen molar-refractivity contribution in [2.75, 3.05) is 7.11 Å². The molecule has 0 unspecified atom stereocenters. The Kier molecular flexibility index (Phi) is 3.14. The monoisotopic (exact) mass is 227 g/mol. The number of pyridine rings is 1. The van der Waals surface area contributed by atoms with Crippen molar-refractivity contribution in [3.8, 4) is 17.0 Å². The number of ether oxygens (including phenoxy) is 1. The predicted molar refractivity (Wildman–Crippen MR) is 70.4 cm³/mol. The molecule has 0 radical (unpaired) electrons. The summed E-state index contributed by atoms with van der Waals surface area (Å²) in [5.74, 6) is 0.930. The molecular formula is C15H17NO. The second-order valence-electron chi connectivity index (χ2n) is 4.30. The van der Waals surface area contributed by atoms with Crippen molar-refractivity contribution in [1.82, 2.24) is 4.98 Å². The lowest BCUT2D eigenvalue weighted by molar-refractivity contribution is 0.411. The van der Waals surface area contributed by atoms with Crippen molar-refractivity contribution in [3.63, 3.8) is 0 Å². The smallest absolute Gasteiger partial charge is 0.122 e. The van der Waals surface area contributed by atoms with Gasteiger partial charge in [-0.3, -0.25) is 4.98 Å². The fourth-order valence-corrected chi connectivity index (χ4v) is 1.98. The lowest BCUT2D eigenvalue weighted by atomic mass is 10.0. The van der Waals surface area contributed by atoms with E-state index in [9.17, 15) is 0 Å². The molecule has 88 valence electrons. The van der Waals surface area contributed by atoms with Gasteiger partial charge in [-0.25, -0.2) is 0 Å². The van der Waals surface area contributed by atoms with Gasteiger partial charge in [0.25, 0.3) is 0 Å². The number of methoxy groups -OCH3 is 1. The molecule has 0 bridgehead atoms. The number of hydrogen-bond donors (Lipinski definition) is 0. The molecule has 2 rings (SSSR count). The van der Waals surface area contributed by atoms with Gasteiger partial charge in [-0.05, 0) is 56.2 Å². The van der Waals surface area contributed by atoms with Gasteiger partial charge in [-0.1, -0.05) is 6.07 Å². The minimum absolute atomic E-state index is 0.930. The predicted octanol–water partition coefficient (Wildman–Crippen LogP) is 3.68. The van der Waals surface area contributed by atoms with Crippen LogP contribution in [0.3, 0.4) is 0 Å². The summed E-state index contributed by atoms with van der Waals surface area (Å²) in [5, 5.41) is 0. The number of aromatic nitrogens is 1. The van der Waals surface area contributed by atoms with E-state index in [0.29, 0.717) is 0 Å². The number of rotatable bonds is 2. The average molecular weight is 227 g/mol. The van der Waals surface area contributed by atoms with Gasteiger partial charge in [-0.15, -0.1) is 0 Å². The zero-order valence-electron chi connectivity index (χ0n) is 10.7. The molecule has 2 heteroatoms. The molecule has 1 aromatic heterocycles. The van der Waals surface area contributed by atoms with Crippen LogP contribution in [0.25, 0.3) is 11.3 Å². The zero-order chi connectivity index (χ0) is 12.4. The Morgan fingerprint density at radius 1 is 1.00 bits per heavy atom. The van der Waals surface area contributed by atoms with E-state index < -0.39 is 0 Å². The first-order valence-corrected chi connectivity index (χ1v) is 5.71. The van der Waals surface area contributed by atoms with Crippen LogP contribution in [-0.4, -0.2) is 12.1 Å². The third kappa shape index (κ3) is 2.31. The molecule has 0 aliphatic heterocycles. The lowest BCUT2D eigenvalue weighted by Gasteiger charge is -2.11. The topological polar surface area (TPSA) is 22.1 Å². The number of hydrogen-bond acceptors (Lipinski definition) is 2. The summed E-state index contributed by atoms with van der Waals surface area (Å²) in [4.78, 5) is 4.56. The molecule has 1 heterocycles. The van der Waals surface area contributed by atoms with Crippen molar-refractivity contribution < 1.29 is 4.74 Å². The summed E-state index contributed by atoms with van der Waals surface area (Å²) in [7, 11) is 1.70. The van der Waals surface area contributed by atoms with Crippen LogP contribution in [0.1, 0.15) is 16.8 Å². The van der Waals surface area contributed by atoms with Crippen LogP contribution in [-0.2, 0) is 0 Å². The third-order valence-corrected chi connectivity index (χ3v) is 2.91. The molecule has 2 aromatic rings. The quantitative estimate of drug-likeness (QED) is 0.780. The van der Waals surface area contributed by atoms with E-state index in [0.717, 1.165) is 22.7 Å². The Bertz CT molecular complexity index is 547. The van der Waals surface area contributed by atoms with Crippen molar-refractivity contribution in [2.24, 2.45) is 0 Å². The zero-order valence-corrected chi connectivity index (χ0v) is 10.7. The standard InChI is InChI=1S/C15H17NO/c1-10-9-15(17-4)11(2)8-13(10)14-7-5-6-12(3)16-14/h5-9H,1-4H3. The number of benzene rings is 1. The highest BCUT2D eigenvalue weighted by molar-refractivity contribution is 5.66. The van der Waals surface area contributed by atoms with Gasteiger partial charge in [0.05, 0.1) is 12.8 Å². The molecule has 0 N–H and O–H groups in total. The first-order chi connectivity index (χ1) is 8.11. The summed E-state index contributed by atoms with van der Waals surface area (Å²) in [6.45, 7) is 6.15. The highest BCUT2D eigenvalue weighted by Crippen LogP contribution is 2.28. The minimum Gasteiger partial charge on any atom is -0.496 e. The molecule has 0 fully saturated rings. The first kappa shape index (κ1) is 11.6. The second-order valence-corrected chi connectivity index (χ2v) is 4.30. The van der Waals surface area contributed by atoms with Crippen molar-refractivity contribution in [1.29, 1.82) is 0 Å². The Morgan fingerprint density at radius 3 is 2.41 bits per heavy atom. The van der Waals surface area contributed by atoms with Crippen LogP contribution in [0.4, 0.5) is 0 Å². The highest BCUT2D eigenvalue weighted by atomic mass is 16.5. The summed E-state index contributed by atoms with van der Waals surface area (Å²) in [6.07, 6.45) is 0. The Morgan fingerprint density at radius 2 is 1.76 bits per heavy atom. The molecule has 1 aromatic carbocycles. The van der Waals surface area contributed by atoms with Crippen molar-refractivity contribution in [3.05, 3.63) is 47.2 Å². The summed E-state index contributed by atoms with van der Waals surface area (Å²) < 4.78 is 5.32. The van der Waals surface area contributed by atoms with Gasteiger partial charge in [-0.2, -0.15) is 0 Å². The van der Waals surface area contributed by atoms with Crippen LogP contribution in [0.5, 0.6) is 5.75 Å². The fraction of sp³-hybridized carbons (Fsp3) is 0.267. The minimum atomic E-state index is 0.930. The molecule has 0 atom stereocenters. The average Bonchev–Trinajstić information content (AvgIpc) is 2.31. The SMILES string of the molecule is COc1cc(C)c(-c2cccc(C)n2)cc1C. The van der Waals surface area contributed by atoms with E-state index in [1.807, 2.05) is 25.1 Å². The molecule has 17 heavy (non-hydrogen) atoms. The number of aryl methyl sites for hydroxylation is 3.